The Morgan fingerprint density at radius 1 is 1.14 bits per heavy atom. The van der Waals surface area contributed by atoms with E-state index in [0.29, 0.717) is 0 Å². The fraction of sp³-hybridized carbons (Fsp3) is 0. The highest BCUT2D eigenvalue weighted by Crippen LogP contribution is 2.29. The minimum Gasteiger partial charge on any atom is -0.478 e. The molecule has 104 valence electrons. The maximum atomic E-state index is 13.8. The standard InChI is InChI=1S/C16H10FNO3/c17-13-6-3-5-12(16(19)20)15(13)21-11-8-10-4-1-2-7-14(10)18-9-11/h1-9H,(H,19,20). The lowest BCUT2D eigenvalue weighted by atomic mass is 10.2. The van der Waals surface area contributed by atoms with Gasteiger partial charge in [0, 0.05) is 5.39 Å². The Hall–Kier alpha value is -2.95. The van der Waals surface area contributed by atoms with Gasteiger partial charge in [-0.3, -0.25) is 4.98 Å². The first kappa shape index (κ1) is 13.1. The fourth-order valence-electron chi connectivity index (χ4n) is 2.01. The van der Waals surface area contributed by atoms with Crippen molar-refractivity contribution in [2.24, 2.45) is 0 Å². The minimum absolute atomic E-state index is 0.233. The maximum absolute atomic E-state index is 13.8. The van der Waals surface area contributed by atoms with E-state index in [4.69, 9.17) is 9.84 Å². The number of carbonyl (C=O) groups is 1. The van der Waals surface area contributed by atoms with Crippen LogP contribution in [0.15, 0.2) is 54.7 Å². The zero-order chi connectivity index (χ0) is 14.8. The number of pyridine rings is 1. The number of carboxylic acids is 1. The van der Waals surface area contributed by atoms with Crippen LogP contribution in [-0.4, -0.2) is 16.1 Å². The molecule has 3 rings (SSSR count). The molecule has 0 unspecified atom stereocenters. The van der Waals surface area contributed by atoms with Gasteiger partial charge in [-0.1, -0.05) is 24.3 Å². The summed E-state index contributed by atoms with van der Waals surface area (Å²) in [6, 6.07) is 12.8. The zero-order valence-corrected chi connectivity index (χ0v) is 10.8. The molecule has 4 nitrogen and oxygen atoms in total. The average Bonchev–Trinajstić information content (AvgIpc) is 2.49. The highest BCUT2D eigenvalue weighted by Gasteiger charge is 2.16. The molecule has 0 saturated heterocycles. The molecule has 0 spiro atoms. The second-order valence-electron chi connectivity index (χ2n) is 4.39. The number of carboxylic acid groups (broad SMARTS) is 1. The molecule has 0 aliphatic rings. The summed E-state index contributed by atoms with van der Waals surface area (Å²) in [5.41, 5.74) is 0.542. The van der Waals surface area contributed by atoms with Crippen LogP contribution in [0.5, 0.6) is 11.5 Å². The van der Waals surface area contributed by atoms with Crippen molar-refractivity contribution in [1.82, 2.24) is 4.98 Å². The number of halogens is 1. The third-order valence-electron chi connectivity index (χ3n) is 2.98. The van der Waals surface area contributed by atoms with Crippen molar-refractivity contribution in [2.45, 2.75) is 0 Å². The van der Waals surface area contributed by atoms with Crippen molar-refractivity contribution in [2.75, 3.05) is 0 Å². The molecule has 1 N–H and O–H groups in total. The molecule has 2 aromatic carbocycles. The number of aromatic carboxylic acids is 1. The SMILES string of the molecule is O=C(O)c1cccc(F)c1Oc1cnc2ccccc2c1. The molecule has 0 saturated carbocycles. The van der Waals surface area contributed by atoms with Gasteiger partial charge in [0.1, 0.15) is 11.3 Å². The van der Waals surface area contributed by atoms with E-state index < -0.39 is 11.8 Å². The number of ether oxygens (including phenoxy) is 1. The summed E-state index contributed by atoms with van der Waals surface area (Å²) in [7, 11) is 0. The van der Waals surface area contributed by atoms with Gasteiger partial charge in [-0.05, 0) is 24.3 Å². The van der Waals surface area contributed by atoms with Crippen molar-refractivity contribution in [3.05, 3.63) is 66.1 Å². The van der Waals surface area contributed by atoms with Gasteiger partial charge in [0.2, 0.25) is 0 Å². The minimum atomic E-state index is -1.25. The fourth-order valence-corrected chi connectivity index (χ4v) is 2.01. The predicted molar refractivity (Wildman–Crippen MR) is 75.2 cm³/mol. The van der Waals surface area contributed by atoms with E-state index in [1.165, 1.54) is 18.3 Å². The van der Waals surface area contributed by atoms with Gasteiger partial charge >= 0.3 is 5.97 Å². The lowest BCUT2D eigenvalue weighted by Gasteiger charge is -2.10. The van der Waals surface area contributed by atoms with Crippen LogP contribution in [0, 0.1) is 5.82 Å². The molecule has 1 heterocycles. The van der Waals surface area contributed by atoms with Gasteiger partial charge in [0.05, 0.1) is 11.7 Å². The van der Waals surface area contributed by atoms with Crippen LogP contribution in [0.25, 0.3) is 10.9 Å². The normalized spacial score (nSPS) is 10.5. The average molecular weight is 283 g/mol. The van der Waals surface area contributed by atoms with Crippen molar-refractivity contribution in [1.29, 1.82) is 0 Å². The summed E-state index contributed by atoms with van der Waals surface area (Å²) in [6.45, 7) is 0. The molecule has 0 aliphatic heterocycles. The van der Waals surface area contributed by atoms with Crippen molar-refractivity contribution >= 4 is 16.9 Å². The van der Waals surface area contributed by atoms with Gasteiger partial charge in [-0.15, -0.1) is 0 Å². The van der Waals surface area contributed by atoms with E-state index in [9.17, 15) is 9.18 Å². The first-order valence-electron chi connectivity index (χ1n) is 6.19. The summed E-state index contributed by atoms with van der Waals surface area (Å²) in [5.74, 6) is -2.02. The van der Waals surface area contributed by atoms with Crippen LogP contribution >= 0.6 is 0 Å². The monoisotopic (exact) mass is 283 g/mol. The topological polar surface area (TPSA) is 59.4 Å². The molecule has 0 amide bonds. The Labute approximate surface area is 119 Å². The van der Waals surface area contributed by atoms with Crippen LogP contribution < -0.4 is 4.74 Å². The van der Waals surface area contributed by atoms with Gasteiger partial charge < -0.3 is 9.84 Å². The summed E-state index contributed by atoms with van der Waals surface area (Å²) >= 11 is 0. The van der Waals surface area contributed by atoms with Gasteiger partial charge in [-0.25, -0.2) is 9.18 Å². The van der Waals surface area contributed by atoms with Gasteiger partial charge in [0.25, 0.3) is 0 Å². The second-order valence-corrected chi connectivity index (χ2v) is 4.39. The van der Waals surface area contributed by atoms with Crippen molar-refractivity contribution < 1.29 is 19.0 Å². The van der Waals surface area contributed by atoms with Crippen LogP contribution in [0.4, 0.5) is 4.39 Å². The molecule has 1 aromatic heterocycles. The number of hydrogen-bond acceptors (Lipinski definition) is 3. The van der Waals surface area contributed by atoms with Crippen LogP contribution in [-0.2, 0) is 0 Å². The third kappa shape index (κ3) is 2.53. The predicted octanol–water partition coefficient (Wildman–Crippen LogP) is 3.86. The smallest absolute Gasteiger partial charge is 0.339 e. The summed E-state index contributed by atoms with van der Waals surface area (Å²) in [5, 5.41) is 9.90. The molecule has 5 heteroatoms. The molecule has 0 radical (unpaired) electrons. The quantitative estimate of drug-likeness (QED) is 0.792. The van der Waals surface area contributed by atoms with Crippen LogP contribution in [0.1, 0.15) is 10.4 Å². The van der Waals surface area contributed by atoms with Crippen LogP contribution in [0.3, 0.4) is 0 Å². The Balaban J connectivity index is 2.04. The molecule has 21 heavy (non-hydrogen) atoms. The second kappa shape index (κ2) is 5.20. The number of rotatable bonds is 3. The van der Waals surface area contributed by atoms with E-state index >= 15 is 0 Å². The molecule has 0 bridgehead atoms. The summed E-state index contributed by atoms with van der Waals surface area (Å²) in [6.07, 6.45) is 1.43. The lowest BCUT2D eigenvalue weighted by Crippen LogP contribution is -2.02. The van der Waals surface area contributed by atoms with E-state index in [0.717, 1.165) is 17.0 Å². The first-order chi connectivity index (χ1) is 10.1. The molecular formula is C16H10FNO3. The number of aromatic nitrogens is 1. The van der Waals surface area contributed by atoms with Gasteiger partial charge in [0.15, 0.2) is 11.6 Å². The zero-order valence-electron chi connectivity index (χ0n) is 10.8. The van der Waals surface area contributed by atoms with Gasteiger partial charge in [-0.2, -0.15) is 0 Å². The number of fused-ring (bicyclic) bond motifs is 1. The molecular weight excluding hydrogens is 273 g/mol. The van der Waals surface area contributed by atoms with Crippen molar-refractivity contribution in [3.8, 4) is 11.5 Å². The van der Waals surface area contributed by atoms with E-state index in [-0.39, 0.29) is 17.1 Å². The molecule has 3 aromatic rings. The Morgan fingerprint density at radius 3 is 2.76 bits per heavy atom. The van der Waals surface area contributed by atoms with Crippen LogP contribution in [0.2, 0.25) is 0 Å². The first-order valence-corrected chi connectivity index (χ1v) is 6.19. The largest absolute Gasteiger partial charge is 0.478 e. The molecule has 0 fully saturated rings. The van der Waals surface area contributed by atoms with Crippen molar-refractivity contribution in [3.63, 3.8) is 0 Å². The highest BCUT2D eigenvalue weighted by molar-refractivity contribution is 5.91. The Bertz CT molecular complexity index is 833. The van der Waals surface area contributed by atoms with E-state index in [1.54, 1.807) is 6.07 Å². The van der Waals surface area contributed by atoms with E-state index in [1.807, 2.05) is 24.3 Å². The Kier molecular flexibility index (Phi) is 3.23. The molecule has 0 aliphatic carbocycles. The molecule has 0 atom stereocenters. The highest BCUT2D eigenvalue weighted by atomic mass is 19.1. The Morgan fingerprint density at radius 2 is 1.95 bits per heavy atom. The summed E-state index contributed by atoms with van der Waals surface area (Å²) in [4.78, 5) is 15.3. The maximum Gasteiger partial charge on any atom is 0.339 e. The number of para-hydroxylation sites is 2. The van der Waals surface area contributed by atoms with E-state index in [2.05, 4.69) is 4.98 Å². The third-order valence-corrected chi connectivity index (χ3v) is 2.98. The number of hydrogen-bond donors (Lipinski definition) is 1. The summed E-state index contributed by atoms with van der Waals surface area (Å²) < 4.78 is 19.2. The lowest BCUT2D eigenvalue weighted by molar-refractivity contribution is 0.0693. The number of benzene rings is 2. The number of nitrogens with zero attached hydrogens (tertiary/aromatic N) is 1.